The SMILES string of the molecule is CCCCC(CCC(CCCCCCCCCC(=O)O)OC(C)=O)OCc1ccccc1. The molecule has 5 heteroatoms. The number of hydrogen-bond donors (Lipinski definition) is 1. The molecule has 0 saturated heterocycles. The van der Waals surface area contributed by atoms with Crippen LogP contribution in [0, 0.1) is 0 Å². The fourth-order valence-corrected chi connectivity index (χ4v) is 3.93. The van der Waals surface area contributed by atoms with Crippen LogP contribution >= 0.6 is 0 Å². The van der Waals surface area contributed by atoms with E-state index in [0.29, 0.717) is 6.61 Å². The summed E-state index contributed by atoms with van der Waals surface area (Å²) >= 11 is 0. The second-order valence-corrected chi connectivity index (χ2v) is 8.78. The Morgan fingerprint density at radius 3 is 2.03 bits per heavy atom. The lowest BCUT2D eigenvalue weighted by atomic mass is 10.00. The molecule has 1 N–H and O–H groups in total. The normalized spacial score (nSPS) is 12.9. The van der Waals surface area contributed by atoms with Gasteiger partial charge in [0.25, 0.3) is 0 Å². The van der Waals surface area contributed by atoms with Gasteiger partial charge >= 0.3 is 11.9 Å². The van der Waals surface area contributed by atoms with Gasteiger partial charge in [-0.1, -0.05) is 82.2 Å². The molecule has 0 aromatic heterocycles. The van der Waals surface area contributed by atoms with Crippen molar-refractivity contribution in [2.75, 3.05) is 0 Å². The quantitative estimate of drug-likeness (QED) is 0.171. The first-order valence-corrected chi connectivity index (χ1v) is 12.6. The molecule has 0 aliphatic rings. The predicted molar refractivity (Wildman–Crippen MR) is 129 cm³/mol. The Morgan fingerprint density at radius 1 is 0.812 bits per heavy atom. The van der Waals surface area contributed by atoms with Crippen LogP contribution in [0.2, 0.25) is 0 Å². The van der Waals surface area contributed by atoms with Crippen molar-refractivity contribution < 1.29 is 24.2 Å². The summed E-state index contributed by atoms with van der Waals surface area (Å²) in [5.74, 6) is -0.910. The highest BCUT2D eigenvalue weighted by Gasteiger charge is 2.16. The van der Waals surface area contributed by atoms with E-state index in [1.807, 2.05) is 18.2 Å². The maximum absolute atomic E-state index is 11.6. The predicted octanol–water partition coefficient (Wildman–Crippen LogP) is 7.07. The molecule has 0 saturated carbocycles. The average Bonchev–Trinajstić information content (AvgIpc) is 2.77. The molecule has 5 nitrogen and oxygen atoms in total. The molecule has 0 fully saturated rings. The van der Waals surface area contributed by atoms with E-state index < -0.39 is 5.97 Å². The van der Waals surface area contributed by atoms with Gasteiger partial charge in [-0.2, -0.15) is 0 Å². The number of rotatable bonds is 20. The zero-order valence-electron chi connectivity index (χ0n) is 20.2. The summed E-state index contributed by atoms with van der Waals surface area (Å²) < 4.78 is 11.8. The van der Waals surface area contributed by atoms with E-state index in [1.165, 1.54) is 12.5 Å². The van der Waals surface area contributed by atoms with Crippen LogP contribution in [0.25, 0.3) is 0 Å². The molecule has 32 heavy (non-hydrogen) atoms. The van der Waals surface area contributed by atoms with Crippen LogP contribution in [0.3, 0.4) is 0 Å². The van der Waals surface area contributed by atoms with Crippen LogP contribution in [0.1, 0.15) is 109 Å². The Labute approximate surface area is 194 Å². The van der Waals surface area contributed by atoms with Gasteiger partial charge in [0.15, 0.2) is 0 Å². The molecule has 1 rings (SSSR count). The third-order valence-electron chi connectivity index (χ3n) is 5.77. The molecule has 0 spiro atoms. The summed E-state index contributed by atoms with van der Waals surface area (Å²) in [5, 5.41) is 8.66. The summed E-state index contributed by atoms with van der Waals surface area (Å²) in [6, 6.07) is 10.3. The van der Waals surface area contributed by atoms with Gasteiger partial charge in [-0.15, -0.1) is 0 Å². The van der Waals surface area contributed by atoms with E-state index in [9.17, 15) is 9.59 Å². The fourth-order valence-electron chi connectivity index (χ4n) is 3.93. The largest absolute Gasteiger partial charge is 0.481 e. The molecule has 182 valence electrons. The zero-order valence-corrected chi connectivity index (χ0v) is 20.2. The van der Waals surface area contributed by atoms with E-state index in [0.717, 1.165) is 83.5 Å². The lowest BCUT2D eigenvalue weighted by Crippen LogP contribution is -2.21. The van der Waals surface area contributed by atoms with Crippen molar-refractivity contribution in [3.63, 3.8) is 0 Å². The summed E-state index contributed by atoms with van der Waals surface area (Å²) in [7, 11) is 0. The fraction of sp³-hybridized carbons (Fsp3) is 0.704. The van der Waals surface area contributed by atoms with Crippen LogP contribution in [-0.4, -0.2) is 29.3 Å². The summed E-state index contributed by atoms with van der Waals surface area (Å²) in [6.45, 7) is 4.31. The van der Waals surface area contributed by atoms with Gasteiger partial charge < -0.3 is 14.6 Å². The molecule has 0 aliphatic heterocycles. The lowest BCUT2D eigenvalue weighted by Gasteiger charge is -2.22. The second kappa shape index (κ2) is 18.7. The first-order chi connectivity index (χ1) is 15.5. The van der Waals surface area contributed by atoms with Crippen molar-refractivity contribution >= 4 is 11.9 Å². The molecule has 0 amide bonds. The lowest BCUT2D eigenvalue weighted by molar-refractivity contribution is -0.147. The zero-order chi connectivity index (χ0) is 23.4. The van der Waals surface area contributed by atoms with Crippen LogP contribution in [-0.2, 0) is 25.7 Å². The minimum absolute atomic E-state index is 0.0347. The number of hydrogen-bond acceptors (Lipinski definition) is 4. The van der Waals surface area contributed by atoms with Crippen molar-refractivity contribution in [1.82, 2.24) is 0 Å². The van der Waals surface area contributed by atoms with Gasteiger partial charge in [-0.25, -0.2) is 0 Å². The van der Waals surface area contributed by atoms with Gasteiger partial charge in [-0.3, -0.25) is 9.59 Å². The Morgan fingerprint density at radius 2 is 1.41 bits per heavy atom. The van der Waals surface area contributed by atoms with E-state index in [4.69, 9.17) is 14.6 Å². The highest BCUT2D eigenvalue weighted by atomic mass is 16.5. The number of carboxylic acid groups (broad SMARTS) is 1. The number of carboxylic acids is 1. The Bertz CT molecular complexity index is 601. The smallest absolute Gasteiger partial charge is 0.303 e. The number of ether oxygens (including phenoxy) is 2. The van der Waals surface area contributed by atoms with Gasteiger partial charge in [0.2, 0.25) is 0 Å². The van der Waals surface area contributed by atoms with Crippen molar-refractivity contribution in [1.29, 1.82) is 0 Å². The molecule has 1 aromatic carbocycles. The Kier molecular flexibility index (Phi) is 16.4. The van der Waals surface area contributed by atoms with Crippen LogP contribution in [0.4, 0.5) is 0 Å². The van der Waals surface area contributed by atoms with Gasteiger partial charge in [0.1, 0.15) is 6.10 Å². The molecule has 2 atom stereocenters. The third-order valence-corrected chi connectivity index (χ3v) is 5.77. The number of aliphatic carboxylic acids is 1. The highest BCUT2D eigenvalue weighted by Crippen LogP contribution is 2.20. The standard InChI is InChI=1S/C27H44O5/c1-3-4-17-25(31-22-24-15-11-10-12-16-24)20-21-26(32-23(2)28)18-13-8-6-5-7-9-14-19-27(29)30/h10-12,15-16,25-26H,3-9,13-14,17-22H2,1-2H3,(H,29,30). The van der Waals surface area contributed by atoms with Crippen molar-refractivity contribution in [3.05, 3.63) is 35.9 Å². The Balaban J connectivity index is 2.31. The first-order valence-electron chi connectivity index (χ1n) is 12.6. The van der Waals surface area contributed by atoms with E-state index >= 15 is 0 Å². The number of esters is 1. The van der Waals surface area contributed by atoms with E-state index in [2.05, 4.69) is 19.1 Å². The molecule has 0 heterocycles. The van der Waals surface area contributed by atoms with Crippen LogP contribution < -0.4 is 0 Å². The van der Waals surface area contributed by atoms with Crippen LogP contribution in [0.5, 0.6) is 0 Å². The summed E-state index contributed by atoms with van der Waals surface area (Å²) in [5.41, 5.74) is 1.19. The van der Waals surface area contributed by atoms with Gasteiger partial charge in [-0.05, 0) is 44.1 Å². The molecule has 1 aromatic rings. The topological polar surface area (TPSA) is 72.8 Å². The number of benzene rings is 1. The van der Waals surface area contributed by atoms with Crippen molar-refractivity contribution in [2.45, 2.75) is 123 Å². The van der Waals surface area contributed by atoms with Gasteiger partial charge in [0.05, 0.1) is 12.7 Å². The maximum atomic E-state index is 11.6. The maximum Gasteiger partial charge on any atom is 0.303 e. The third kappa shape index (κ3) is 15.9. The molecule has 2 unspecified atom stereocenters. The summed E-state index contributed by atoms with van der Waals surface area (Å²) in [4.78, 5) is 22.1. The molecule has 0 aliphatic carbocycles. The molecular formula is C27H44O5. The number of unbranched alkanes of at least 4 members (excludes halogenated alkanes) is 7. The minimum atomic E-state index is -0.705. The van der Waals surface area contributed by atoms with Gasteiger partial charge in [0, 0.05) is 13.3 Å². The van der Waals surface area contributed by atoms with E-state index in [1.54, 1.807) is 0 Å². The average molecular weight is 449 g/mol. The molecular weight excluding hydrogens is 404 g/mol. The van der Waals surface area contributed by atoms with E-state index in [-0.39, 0.29) is 24.6 Å². The molecule has 0 radical (unpaired) electrons. The minimum Gasteiger partial charge on any atom is -0.481 e. The van der Waals surface area contributed by atoms with Crippen molar-refractivity contribution in [3.8, 4) is 0 Å². The van der Waals surface area contributed by atoms with Crippen LogP contribution in [0.15, 0.2) is 30.3 Å². The Hall–Kier alpha value is -1.88. The number of carbonyl (C=O) groups excluding carboxylic acids is 1. The molecule has 0 bridgehead atoms. The second-order valence-electron chi connectivity index (χ2n) is 8.78. The summed E-state index contributed by atoms with van der Waals surface area (Å²) in [6.07, 6.45) is 13.8. The first kappa shape index (κ1) is 28.2. The highest BCUT2D eigenvalue weighted by molar-refractivity contribution is 5.66. The van der Waals surface area contributed by atoms with Crippen molar-refractivity contribution in [2.24, 2.45) is 0 Å². The number of carbonyl (C=O) groups is 2. The monoisotopic (exact) mass is 448 g/mol.